The van der Waals surface area contributed by atoms with E-state index < -0.39 is 35.8 Å². The molecule has 0 saturated heterocycles. The minimum atomic E-state index is -4.69. The van der Waals surface area contributed by atoms with Crippen molar-refractivity contribution in [1.29, 1.82) is 0 Å². The molecule has 4 nitrogen and oxygen atoms in total. The van der Waals surface area contributed by atoms with Crippen molar-refractivity contribution in [2.24, 2.45) is 0 Å². The van der Waals surface area contributed by atoms with Gasteiger partial charge in [0.2, 0.25) is 0 Å². The number of hydrogen-bond donors (Lipinski definition) is 1. The molecule has 0 saturated carbocycles. The highest BCUT2D eigenvalue weighted by molar-refractivity contribution is 9.10. The highest BCUT2D eigenvalue weighted by Crippen LogP contribution is 2.32. The Balaban J connectivity index is 2.01. The number of rotatable bonds is 4. The maximum atomic E-state index is 12.8. The topological polar surface area (TPSA) is 55.4 Å². The first-order valence-electron chi connectivity index (χ1n) is 6.67. The Morgan fingerprint density at radius 2 is 1.67 bits per heavy atom. The van der Waals surface area contributed by atoms with Crippen molar-refractivity contribution in [2.45, 2.75) is 6.18 Å². The molecule has 0 radical (unpaired) electrons. The molecule has 1 amide bonds. The van der Waals surface area contributed by atoms with E-state index in [-0.39, 0.29) is 0 Å². The second kappa shape index (κ2) is 7.48. The van der Waals surface area contributed by atoms with Crippen LogP contribution in [0.15, 0.2) is 53.0 Å². The fraction of sp³-hybridized carbons (Fsp3) is 0.125. The molecule has 0 aliphatic rings. The van der Waals surface area contributed by atoms with Crippen LogP contribution in [-0.2, 0) is 15.7 Å². The molecule has 0 aromatic heterocycles. The van der Waals surface area contributed by atoms with Crippen LogP contribution in [0.3, 0.4) is 0 Å². The van der Waals surface area contributed by atoms with E-state index >= 15 is 0 Å². The predicted molar refractivity (Wildman–Crippen MR) is 84.5 cm³/mol. The zero-order valence-corrected chi connectivity index (χ0v) is 13.6. The van der Waals surface area contributed by atoms with Crippen molar-refractivity contribution in [3.8, 4) is 0 Å². The maximum Gasteiger partial charge on any atom is 0.417 e. The van der Waals surface area contributed by atoms with Crippen LogP contribution < -0.4 is 5.32 Å². The van der Waals surface area contributed by atoms with Crippen LogP contribution in [-0.4, -0.2) is 18.5 Å². The molecule has 0 atom stereocenters. The van der Waals surface area contributed by atoms with Crippen molar-refractivity contribution in [3.63, 3.8) is 0 Å². The van der Waals surface area contributed by atoms with E-state index in [0.29, 0.717) is 10.2 Å². The molecule has 0 aliphatic heterocycles. The SMILES string of the molecule is O=C(COC(=O)c1ccccc1C(F)(F)F)Nc1ccccc1Br. The number of esters is 1. The number of alkyl halides is 3. The average molecular weight is 402 g/mol. The third kappa shape index (κ3) is 4.58. The van der Waals surface area contributed by atoms with Gasteiger partial charge in [-0.25, -0.2) is 4.79 Å². The number of halogens is 4. The van der Waals surface area contributed by atoms with Crippen molar-refractivity contribution in [2.75, 3.05) is 11.9 Å². The first-order chi connectivity index (χ1) is 11.3. The Morgan fingerprint density at radius 1 is 1.04 bits per heavy atom. The van der Waals surface area contributed by atoms with Gasteiger partial charge in [0.25, 0.3) is 5.91 Å². The lowest BCUT2D eigenvalue weighted by Gasteiger charge is -2.12. The van der Waals surface area contributed by atoms with Crippen molar-refractivity contribution >= 4 is 33.5 Å². The molecular formula is C16H11BrF3NO3. The molecule has 0 fully saturated rings. The van der Waals surface area contributed by atoms with Gasteiger partial charge in [-0.3, -0.25) is 4.79 Å². The number of carbonyl (C=O) groups excluding carboxylic acids is 2. The molecule has 2 aromatic carbocycles. The fourth-order valence-electron chi connectivity index (χ4n) is 1.87. The van der Waals surface area contributed by atoms with Crippen molar-refractivity contribution in [3.05, 3.63) is 64.1 Å². The highest BCUT2D eigenvalue weighted by Gasteiger charge is 2.35. The van der Waals surface area contributed by atoms with Gasteiger partial charge >= 0.3 is 12.1 Å². The van der Waals surface area contributed by atoms with Gasteiger partial charge in [0.15, 0.2) is 6.61 Å². The van der Waals surface area contributed by atoms with Crippen LogP contribution in [0.5, 0.6) is 0 Å². The number of para-hydroxylation sites is 1. The summed E-state index contributed by atoms with van der Waals surface area (Å²) in [5, 5.41) is 2.48. The summed E-state index contributed by atoms with van der Waals surface area (Å²) in [5.41, 5.74) is -1.30. The number of amides is 1. The number of nitrogens with one attached hydrogen (secondary N) is 1. The molecule has 2 aromatic rings. The Bertz CT molecular complexity index is 762. The van der Waals surface area contributed by atoms with Gasteiger partial charge in [-0.15, -0.1) is 0 Å². The molecule has 2 rings (SSSR count). The molecule has 0 bridgehead atoms. The Labute approximate surface area is 143 Å². The number of benzene rings is 2. The van der Waals surface area contributed by atoms with Crippen LogP contribution >= 0.6 is 15.9 Å². The first-order valence-corrected chi connectivity index (χ1v) is 7.46. The van der Waals surface area contributed by atoms with Crippen LogP contribution in [0.4, 0.5) is 18.9 Å². The normalized spacial score (nSPS) is 11.0. The van der Waals surface area contributed by atoms with Gasteiger partial charge in [-0.1, -0.05) is 24.3 Å². The first kappa shape index (κ1) is 18.0. The molecule has 24 heavy (non-hydrogen) atoms. The van der Waals surface area contributed by atoms with E-state index in [9.17, 15) is 22.8 Å². The minimum absolute atomic E-state index is 0.453. The van der Waals surface area contributed by atoms with Crippen molar-refractivity contribution < 1.29 is 27.5 Å². The van der Waals surface area contributed by atoms with Gasteiger partial charge in [0, 0.05) is 4.47 Å². The van der Waals surface area contributed by atoms with E-state index in [0.717, 1.165) is 12.1 Å². The maximum absolute atomic E-state index is 12.8. The van der Waals surface area contributed by atoms with Crippen LogP contribution in [0.2, 0.25) is 0 Å². The van der Waals surface area contributed by atoms with E-state index in [4.69, 9.17) is 0 Å². The second-order valence-corrected chi connectivity index (χ2v) is 5.50. The molecule has 8 heteroatoms. The summed E-state index contributed by atoms with van der Waals surface area (Å²) >= 11 is 3.23. The summed E-state index contributed by atoms with van der Waals surface area (Å²) in [6, 6.07) is 11.0. The number of hydrogen-bond acceptors (Lipinski definition) is 3. The summed E-state index contributed by atoms with van der Waals surface area (Å²) in [5.74, 6) is -1.88. The second-order valence-electron chi connectivity index (χ2n) is 4.65. The van der Waals surface area contributed by atoms with Gasteiger partial charge in [0.1, 0.15) is 0 Å². The Kier molecular flexibility index (Phi) is 5.61. The van der Waals surface area contributed by atoms with Gasteiger partial charge < -0.3 is 10.1 Å². The molecule has 0 aliphatic carbocycles. The van der Waals surface area contributed by atoms with E-state index in [2.05, 4.69) is 26.0 Å². The highest BCUT2D eigenvalue weighted by atomic mass is 79.9. The fourth-order valence-corrected chi connectivity index (χ4v) is 2.25. The number of ether oxygens (including phenoxy) is 1. The van der Waals surface area contributed by atoms with E-state index in [1.807, 2.05) is 0 Å². The van der Waals surface area contributed by atoms with Gasteiger partial charge in [-0.2, -0.15) is 13.2 Å². The van der Waals surface area contributed by atoms with Crippen LogP contribution in [0.25, 0.3) is 0 Å². The van der Waals surface area contributed by atoms with Crippen LogP contribution in [0.1, 0.15) is 15.9 Å². The third-order valence-corrected chi connectivity index (χ3v) is 3.63. The smallest absolute Gasteiger partial charge is 0.417 e. The van der Waals surface area contributed by atoms with Crippen molar-refractivity contribution in [1.82, 2.24) is 0 Å². The summed E-state index contributed by atoms with van der Waals surface area (Å²) in [7, 11) is 0. The monoisotopic (exact) mass is 401 g/mol. The van der Waals surface area contributed by atoms with E-state index in [1.165, 1.54) is 12.1 Å². The minimum Gasteiger partial charge on any atom is -0.452 e. The Morgan fingerprint density at radius 3 is 2.33 bits per heavy atom. The van der Waals surface area contributed by atoms with Gasteiger partial charge in [-0.05, 0) is 40.2 Å². The predicted octanol–water partition coefficient (Wildman–Crippen LogP) is 4.26. The quantitative estimate of drug-likeness (QED) is 0.778. The zero-order chi connectivity index (χ0) is 17.7. The lowest BCUT2D eigenvalue weighted by atomic mass is 10.1. The summed E-state index contributed by atoms with van der Waals surface area (Å²) < 4.78 is 43.8. The third-order valence-electron chi connectivity index (χ3n) is 2.93. The molecule has 0 spiro atoms. The standard InChI is InChI=1S/C16H11BrF3NO3/c17-12-7-3-4-8-13(12)21-14(22)9-24-15(23)10-5-1-2-6-11(10)16(18,19)20/h1-8H,9H2,(H,21,22). The van der Waals surface area contributed by atoms with Gasteiger partial charge in [0.05, 0.1) is 16.8 Å². The molecule has 126 valence electrons. The van der Waals surface area contributed by atoms with E-state index in [1.54, 1.807) is 24.3 Å². The van der Waals surface area contributed by atoms with Crippen LogP contribution in [0, 0.1) is 0 Å². The molecule has 0 unspecified atom stereocenters. The summed E-state index contributed by atoms with van der Waals surface area (Å²) in [6.07, 6.45) is -4.69. The number of carbonyl (C=O) groups is 2. The summed E-state index contributed by atoms with van der Waals surface area (Å²) in [4.78, 5) is 23.6. The molecular weight excluding hydrogens is 391 g/mol. The Hall–Kier alpha value is -2.35. The average Bonchev–Trinajstić information content (AvgIpc) is 2.54. The largest absolute Gasteiger partial charge is 0.452 e. The lowest BCUT2D eigenvalue weighted by Crippen LogP contribution is -2.22. The zero-order valence-electron chi connectivity index (χ0n) is 12.1. The summed E-state index contributed by atoms with van der Waals surface area (Å²) in [6.45, 7) is -0.702. The molecule has 0 heterocycles. The number of anilines is 1. The lowest BCUT2D eigenvalue weighted by molar-refractivity contribution is -0.138. The molecule has 1 N–H and O–H groups in total.